The number of phenols is 2. The Kier molecular flexibility index (Phi) is 132. The second-order valence-electron chi connectivity index (χ2n) is 25.7. The largest absolute Gasteiger partial charge is 0.508 e. The number of allylic oxidation sites excluding steroid dienone is 5. The van der Waals surface area contributed by atoms with Crippen molar-refractivity contribution < 1.29 is 42.4 Å². The molecule has 0 saturated heterocycles. The van der Waals surface area contributed by atoms with Crippen molar-refractivity contribution in [1.82, 2.24) is 0 Å². The van der Waals surface area contributed by atoms with Crippen LogP contribution in [0.15, 0.2) is 262 Å². The van der Waals surface area contributed by atoms with Gasteiger partial charge in [-0.15, -0.1) is 13.2 Å². The van der Waals surface area contributed by atoms with Crippen molar-refractivity contribution in [1.29, 1.82) is 0 Å². The number of halogens is 5. The summed E-state index contributed by atoms with van der Waals surface area (Å²) < 4.78 is 22.3. The third-order valence-corrected chi connectivity index (χ3v) is 11.3. The maximum Gasteiger partial charge on any atom is 0.115 e. The molecular weight excluding hydrogens is 1900 g/mol. The van der Waals surface area contributed by atoms with Crippen molar-refractivity contribution in [3.05, 3.63) is 268 Å². The Labute approximate surface area is 724 Å². The minimum absolute atomic E-state index is 0.150. The van der Waals surface area contributed by atoms with Gasteiger partial charge < -0.3 is 29.2 Å². The van der Waals surface area contributed by atoms with Gasteiger partial charge in [0.25, 0.3) is 0 Å². The first-order valence-electron chi connectivity index (χ1n) is 39.4. The van der Waals surface area contributed by atoms with E-state index in [9.17, 15) is 0 Å². The van der Waals surface area contributed by atoms with Crippen molar-refractivity contribution in [3.8, 4) is 34.5 Å². The van der Waals surface area contributed by atoms with Crippen LogP contribution in [0.1, 0.15) is 264 Å². The molecule has 0 bridgehead atoms. The van der Waals surface area contributed by atoms with Crippen LogP contribution < -0.4 is 32.2 Å². The summed E-state index contributed by atoms with van der Waals surface area (Å²) in [4.78, 5) is 0. The first-order chi connectivity index (χ1) is 51.6. The summed E-state index contributed by atoms with van der Waals surface area (Å²) in [6.07, 6.45) is 24.7. The van der Waals surface area contributed by atoms with Crippen LogP contribution in [0.4, 0.5) is 0 Å². The molecule has 7 rings (SSSR count). The monoisotopic (exact) mass is 2060 g/mol. The first-order valence-corrected chi connectivity index (χ1v) is 58.3. The minimum atomic E-state index is 0.150. The van der Waals surface area contributed by atoms with Crippen LogP contribution in [0.5, 0.6) is 34.5 Å². The van der Waals surface area contributed by atoms with Crippen molar-refractivity contribution in [2.75, 3.05) is 6.61 Å². The second kappa shape index (κ2) is 112. The zero-order chi connectivity index (χ0) is 85.3. The molecule has 0 aliphatic carbocycles. The van der Waals surface area contributed by atoms with E-state index >= 15 is 0 Å². The topological polar surface area (TPSA) is 77.4 Å². The first kappa shape index (κ1) is 128. The molecule has 0 saturated carbocycles. The Morgan fingerprint density at radius 2 is 0.667 bits per heavy atom. The summed E-state index contributed by atoms with van der Waals surface area (Å²) in [6.45, 7) is 69.6. The van der Waals surface area contributed by atoms with Gasteiger partial charge in [0.2, 0.25) is 0 Å². The van der Waals surface area contributed by atoms with Gasteiger partial charge in [-0.1, -0.05) is 374 Å². The van der Waals surface area contributed by atoms with Crippen molar-refractivity contribution in [2.24, 2.45) is 23.2 Å². The third kappa shape index (κ3) is 128. The van der Waals surface area contributed by atoms with Gasteiger partial charge in [-0.3, -0.25) is 0 Å². The van der Waals surface area contributed by atoms with Crippen LogP contribution in [-0.4, -0.2) is 35.1 Å². The Balaban J connectivity index is -0.000000106. The summed E-state index contributed by atoms with van der Waals surface area (Å²) in [5.74, 6) is 6.38. The SMILES string of the molecule is C=CC(C)(C)Cc1ccccc1.C=CC(C)C.CC(C)C(C)Oc1ccccc1.CC(C)CCOc1ccccc1.CC=CC.CC=CC(C)Oc1ccccc1.CCC.CCC.CCC.CCC.CCC.CCC.CCC.CCC(C)Oc1ccccc1.II.I[I-]I.Oc1ccccc1.Oc1ccccc1. The zero-order valence-corrected chi connectivity index (χ0v) is 84.5. The van der Waals surface area contributed by atoms with Gasteiger partial charge in [0.15, 0.2) is 0 Å². The van der Waals surface area contributed by atoms with Crippen LogP contribution in [0.3, 0.4) is 0 Å². The zero-order valence-electron chi connectivity index (χ0n) is 73.7. The van der Waals surface area contributed by atoms with E-state index in [1.165, 1.54) is 50.5 Å². The van der Waals surface area contributed by atoms with E-state index in [1.807, 2.05) is 204 Å². The molecule has 11 heteroatoms. The molecule has 0 aliphatic rings. The maximum absolute atomic E-state index is 8.63. The molecule has 3 unspecified atom stereocenters. The Morgan fingerprint density at radius 1 is 0.407 bits per heavy atom. The molecule has 0 heterocycles. The van der Waals surface area contributed by atoms with E-state index in [1.54, 1.807) is 48.5 Å². The molecule has 0 fully saturated rings. The molecular formula is C97H162I5O6-. The number of ether oxygens (including phenoxy) is 4. The van der Waals surface area contributed by atoms with E-state index in [2.05, 4.69) is 285 Å². The Bertz CT molecular complexity index is 2600. The number of para-hydroxylation sites is 6. The predicted octanol–water partition coefficient (Wildman–Crippen LogP) is 32.2. The summed E-state index contributed by atoms with van der Waals surface area (Å²) in [5, 5.41) is 17.3. The molecule has 0 amide bonds. The van der Waals surface area contributed by atoms with Gasteiger partial charge in [0.05, 0.1) is 18.8 Å². The molecule has 0 spiro atoms. The molecule has 0 aromatic heterocycles. The smallest absolute Gasteiger partial charge is 0.115 e. The van der Waals surface area contributed by atoms with E-state index < -0.39 is 0 Å². The quantitative estimate of drug-likeness (QED) is 0.0699. The number of hydrogen-bond donors (Lipinski definition) is 2. The Hall–Kier alpha value is -4.05. The maximum atomic E-state index is 8.63. The average molecular weight is 2060 g/mol. The van der Waals surface area contributed by atoms with Gasteiger partial charge >= 0.3 is 50.5 Å². The molecule has 7 aromatic carbocycles. The standard InChI is InChI=1S/C12H16.2C11H16O.C11H14O.C10H14O.2C6H6O.C5H10.C4H8.7C3H8.I3.I2/c1-4-12(2,3)10-11-8-6-5-7-9-11;1-9(2)10(3)12-11-7-5-4-6-8-11;1-10(2)8-9-12-11-6-4-3-5-7-11;1-3-7-10(2)12-11-8-5-4-6-9-11;1-3-9(2)11-10-7-5-4-6-8-10;2*7-6-4-2-1-3-5-6;1-4-5(2)3;1-3-4-2;8*1-3-2;1-2/h4-9H,1,10H2,2-3H3;4-10H,1-3H3;3-7,10H,8-9H2,1-2H3;3-10H,1-2H3;4-9H,3H2,1-2H3;2*1-5,7H;4-5H,1H2,2-3H3;3-4H,1-2H3;7*3H2,1-2H3;;/q;;;;;;;;;;;;;;;;-1;. The van der Waals surface area contributed by atoms with Crippen molar-refractivity contribution >= 4 is 74.5 Å². The van der Waals surface area contributed by atoms with Crippen molar-refractivity contribution in [2.45, 2.75) is 283 Å². The number of aromatic hydroxyl groups is 2. The number of hydrogen-bond acceptors (Lipinski definition) is 6. The number of benzene rings is 7. The molecule has 622 valence electrons. The fourth-order valence-electron chi connectivity index (χ4n) is 5.67. The van der Waals surface area contributed by atoms with Crippen LogP contribution >= 0.6 is 74.5 Å². The molecule has 108 heavy (non-hydrogen) atoms. The fourth-order valence-corrected chi connectivity index (χ4v) is 5.67. The number of phenolic OH excluding ortho intramolecular Hbond substituents is 2. The van der Waals surface area contributed by atoms with Crippen molar-refractivity contribution in [3.63, 3.8) is 0 Å². The van der Waals surface area contributed by atoms with E-state index in [0.29, 0.717) is 48.6 Å². The Morgan fingerprint density at radius 3 is 0.889 bits per heavy atom. The van der Waals surface area contributed by atoms with E-state index in [0.717, 1.165) is 48.9 Å². The van der Waals surface area contributed by atoms with Gasteiger partial charge in [-0.25, -0.2) is 0 Å². The normalized spacial score (nSPS) is 9.85. The average Bonchev–Trinajstić information content (AvgIpc) is 0.916. The molecule has 6 nitrogen and oxygen atoms in total. The van der Waals surface area contributed by atoms with E-state index in [-0.39, 0.29) is 17.6 Å². The van der Waals surface area contributed by atoms with Gasteiger partial charge in [0, 0.05) is 37.2 Å². The molecule has 7 aromatic rings. The summed E-state index contributed by atoms with van der Waals surface area (Å²) in [5.41, 5.74) is 1.59. The molecule has 0 radical (unpaired) electrons. The molecule has 3 atom stereocenters. The molecule has 0 aliphatic heterocycles. The number of rotatable bonds is 17. The fraction of sp³-hybridized carbons (Fsp3) is 0.485. The second-order valence-corrected chi connectivity index (χ2v) is 42.0. The summed E-state index contributed by atoms with van der Waals surface area (Å²) in [6, 6.07) is 67.6. The predicted molar refractivity (Wildman–Crippen MR) is 525 cm³/mol. The third-order valence-electron chi connectivity index (χ3n) is 11.3. The van der Waals surface area contributed by atoms with Gasteiger partial charge in [-0.05, 0) is 168 Å². The van der Waals surface area contributed by atoms with Crippen LogP contribution in [-0.2, 0) is 6.42 Å². The molecule has 2 N–H and O–H groups in total. The van der Waals surface area contributed by atoms with Crippen LogP contribution in [0.25, 0.3) is 0 Å². The van der Waals surface area contributed by atoms with Gasteiger partial charge in [0.1, 0.15) is 40.6 Å². The summed E-state index contributed by atoms with van der Waals surface area (Å²) >= 11 is 9.54. The van der Waals surface area contributed by atoms with Crippen LogP contribution in [0.2, 0.25) is 0 Å². The van der Waals surface area contributed by atoms with Gasteiger partial charge in [-0.2, -0.15) is 0 Å². The van der Waals surface area contributed by atoms with Crippen LogP contribution in [0, 0.1) is 23.2 Å². The van der Waals surface area contributed by atoms with E-state index in [4.69, 9.17) is 29.2 Å². The minimum Gasteiger partial charge on any atom is -0.508 e. The summed E-state index contributed by atoms with van der Waals surface area (Å²) in [7, 11) is 0.